The number of rotatable bonds is 6. The van der Waals surface area contributed by atoms with Crippen LogP contribution in [-0.4, -0.2) is 34.4 Å². The van der Waals surface area contributed by atoms with Crippen molar-refractivity contribution in [1.82, 2.24) is 4.98 Å². The molecule has 0 aliphatic carbocycles. The van der Waals surface area contributed by atoms with Gasteiger partial charge in [-0.15, -0.1) is 0 Å². The molecule has 0 saturated heterocycles. The van der Waals surface area contributed by atoms with Gasteiger partial charge in [-0.3, -0.25) is 19.5 Å². The van der Waals surface area contributed by atoms with Crippen LogP contribution in [0.15, 0.2) is 60.0 Å². The molecule has 1 amide bonds. The second kappa shape index (κ2) is 8.71. The summed E-state index contributed by atoms with van der Waals surface area (Å²) in [6.45, 7) is 7.36. The predicted octanol–water partition coefficient (Wildman–Crippen LogP) is 4.16. The summed E-state index contributed by atoms with van der Waals surface area (Å²) in [5.41, 5.74) is 0.239. The highest BCUT2D eigenvalue weighted by atomic mass is 16.5. The predicted molar refractivity (Wildman–Crippen MR) is 116 cm³/mol. The minimum atomic E-state index is -0.915. The summed E-state index contributed by atoms with van der Waals surface area (Å²) in [7, 11) is 0. The summed E-state index contributed by atoms with van der Waals surface area (Å²) >= 11 is 0. The van der Waals surface area contributed by atoms with E-state index in [0.29, 0.717) is 17.8 Å². The number of carbonyl (C=O) groups is 3. The lowest BCUT2D eigenvalue weighted by Crippen LogP contribution is -2.33. The number of hydrogen-bond donors (Lipinski definition) is 1. The van der Waals surface area contributed by atoms with E-state index in [4.69, 9.17) is 4.74 Å². The number of benzene rings is 1. The first-order valence-electron chi connectivity index (χ1n) is 10.2. The fourth-order valence-electron chi connectivity index (χ4n) is 3.39. The number of anilines is 1. The maximum Gasteiger partial charge on any atom is 0.338 e. The fourth-order valence-corrected chi connectivity index (χ4v) is 3.39. The molecule has 0 saturated carbocycles. The molecule has 1 atom stereocenters. The van der Waals surface area contributed by atoms with E-state index in [0.717, 1.165) is 0 Å². The molecule has 0 spiro atoms. The van der Waals surface area contributed by atoms with Gasteiger partial charge in [0, 0.05) is 17.3 Å². The van der Waals surface area contributed by atoms with Gasteiger partial charge in [-0.1, -0.05) is 39.8 Å². The monoisotopic (exact) mass is 422 g/mol. The summed E-state index contributed by atoms with van der Waals surface area (Å²) < 4.78 is 5.19. The number of nitrogens with zero attached hydrogens (tertiary/aromatic N) is 2. The van der Waals surface area contributed by atoms with Crippen LogP contribution in [0, 0.1) is 5.41 Å². The zero-order valence-corrected chi connectivity index (χ0v) is 18.1. The molecule has 1 aromatic carbocycles. The quantitative estimate of drug-likeness (QED) is 0.702. The highest BCUT2D eigenvalue weighted by Gasteiger charge is 2.47. The van der Waals surface area contributed by atoms with Gasteiger partial charge in [0.2, 0.25) is 0 Å². The molecule has 7 heteroatoms. The fraction of sp³-hybridized carbons (Fsp3) is 0.333. The Hall–Kier alpha value is -3.48. The molecule has 2 heterocycles. The molecule has 1 aromatic heterocycles. The van der Waals surface area contributed by atoms with Crippen molar-refractivity contribution in [2.45, 2.75) is 40.2 Å². The van der Waals surface area contributed by atoms with Crippen LogP contribution < -0.4 is 4.90 Å². The van der Waals surface area contributed by atoms with Crippen LogP contribution in [0.25, 0.3) is 0 Å². The number of ether oxygens (including phenoxy) is 1. The number of hydrogen-bond acceptors (Lipinski definition) is 6. The van der Waals surface area contributed by atoms with Crippen LogP contribution in [0.4, 0.5) is 5.69 Å². The third kappa shape index (κ3) is 4.35. The Morgan fingerprint density at radius 3 is 2.52 bits per heavy atom. The topological polar surface area (TPSA) is 96.8 Å². The molecule has 1 aliphatic heterocycles. The molecule has 31 heavy (non-hydrogen) atoms. The number of pyridine rings is 1. The van der Waals surface area contributed by atoms with Crippen LogP contribution in [0.2, 0.25) is 0 Å². The highest BCUT2D eigenvalue weighted by Crippen LogP contribution is 2.42. The summed E-state index contributed by atoms with van der Waals surface area (Å²) in [5, 5.41) is 10.7. The SMILES string of the molecule is CCCOC(=O)c1cccc(N2C(=O)C(O)=C(C(=O)C(C)(C)C)C2c2ccccn2)c1. The Morgan fingerprint density at radius 1 is 1.16 bits per heavy atom. The number of carbonyl (C=O) groups excluding carboxylic acids is 3. The van der Waals surface area contributed by atoms with Gasteiger partial charge in [-0.05, 0) is 36.8 Å². The van der Waals surface area contributed by atoms with E-state index in [1.807, 2.05) is 6.92 Å². The van der Waals surface area contributed by atoms with Crippen molar-refractivity contribution in [3.8, 4) is 0 Å². The van der Waals surface area contributed by atoms with Gasteiger partial charge in [-0.25, -0.2) is 4.79 Å². The van der Waals surface area contributed by atoms with Crippen LogP contribution in [0.1, 0.15) is 56.2 Å². The van der Waals surface area contributed by atoms with Gasteiger partial charge in [0.25, 0.3) is 5.91 Å². The number of Topliss-reactive ketones (excluding diaryl/α,β-unsaturated/α-hetero) is 1. The van der Waals surface area contributed by atoms with E-state index >= 15 is 0 Å². The van der Waals surface area contributed by atoms with Crippen LogP contribution in [0.5, 0.6) is 0 Å². The van der Waals surface area contributed by atoms with Gasteiger partial charge < -0.3 is 9.84 Å². The number of ketones is 1. The molecule has 162 valence electrons. The van der Waals surface area contributed by atoms with Crippen LogP contribution in [0.3, 0.4) is 0 Å². The smallest absolute Gasteiger partial charge is 0.338 e. The maximum absolute atomic E-state index is 13.2. The van der Waals surface area contributed by atoms with Crippen molar-refractivity contribution in [3.63, 3.8) is 0 Å². The minimum Gasteiger partial charge on any atom is -0.503 e. The normalized spacial score (nSPS) is 16.6. The van der Waals surface area contributed by atoms with Crippen molar-refractivity contribution < 1.29 is 24.2 Å². The summed E-state index contributed by atoms with van der Waals surface area (Å²) in [6.07, 6.45) is 2.25. The Kier molecular flexibility index (Phi) is 6.24. The summed E-state index contributed by atoms with van der Waals surface area (Å²) in [4.78, 5) is 44.2. The maximum atomic E-state index is 13.2. The molecule has 0 fully saturated rings. The first-order valence-corrected chi connectivity index (χ1v) is 10.2. The Bertz CT molecular complexity index is 1040. The van der Waals surface area contributed by atoms with Gasteiger partial charge in [0.15, 0.2) is 11.5 Å². The molecule has 0 bridgehead atoms. The lowest BCUT2D eigenvalue weighted by molar-refractivity contribution is -0.123. The molecule has 7 nitrogen and oxygen atoms in total. The second-order valence-electron chi connectivity index (χ2n) is 8.36. The highest BCUT2D eigenvalue weighted by molar-refractivity contribution is 6.17. The van der Waals surface area contributed by atoms with Crippen molar-refractivity contribution in [2.24, 2.45) is 5.41 Å². The molecule has 3 rings (SSSR count). The van der Waals surface area contributed by atoms with Gasteiger partial charge in [-0.2, -0.15) is 0 Å². The molecular formula is C24H26N2O5. The Morgan fingerprint density at radius 2 is 1.90 bits per heavy atom. The van der Waals surface area contributed by atoms with Crippen molar-refractivity contribution in [3.05, 3.63) is 71.3 Å². The van der Waals surface area contributed by atoms with Gasteiger partial charge >= 0.3 is 5.97 Å². The number of aliphatic hydroxyl groups excluding tert-OH is 1. The van der Waals surface area contributed by atoms with Crippen molar-refractivity contribution >= 4 is 23.3 Å². The van der Waals surface area contributed by atoms with Crippen LogP contribution >= 0.6 is 0 Å². The van der Waals surface area contributed by atoms with E-state index < -0.39 is 29.1 Å². The number of esters is 1. The molecule has 2 aromatic rings. The zero-order valence-electron chi connectivity index (χ0n) is 18.1. The standard InChI is InChI=1S/C24H26N2O5/c1-5-13-31-23(30)15-9-8-10-16(14-15)26-19(17-11-6-7-12-25-17)18(20(27)22(26)29)21(28)24(2,3)4/h6-12,14,19,27H,5,13H2,1-4H3. The average Bonchev–Trinajstić information content (AvgIpc) is 3.02. The largest absolute Gasteiger partial charge is 0.503 e. The minimum absolute atomic E-state index is 0.00448. The molecule has 1 unspecified atom stereocenters. The third-order valence-corrected chi connectivity index (χ3v) is 4.90. The molecule has 0 radical (unpaired) electrons. The second-order valence-corrected chi connectivity index (χ2v) is 8.36. The average molecular weight is 422 g/mol. The number of aromatic nitrogens is 1. The first-order chi connectivity index (χ1) is 14.7. The molecule has 1 aliphatic rings. The third-order valence-electron chi connectivity index (χ3n) is 4.90. The Balaban J connectivity index is 2.11. The number of amides is 1. The van der Waals surface area contributed by atoms with E-state index in [1.165, 1.54) is 11.0 Å². The Labute approximate surface area is 181 Å². The summed E-state index contributed by atoms with van der Waals surface area (Å²) in [5.74, 6) is -2.18. The van der Waals surface area contributed by atoms with Crippen LogP contribution in [-0.2, 0) is 14.3 Å². The lowest BCUT2D eigenvalue weighted by atomic mass is 9.83. The van der Waals surface area contributed by atoms with Gasteiger partial charge in [0.05, 0.1) is 23.4 Å². The number of aliphatic hydroxyl groups is 1. The summed E-state index contributed by atoms with van der Waals surface area (Å²) in [6, 6.07) is 10.6. The molecule has 1 N–H and O–H groups in total. The van der Waals surface area contributed by atoms with Gasteiger partial charge in [0.1, 0.15) is 6.04 Å². The lowest BCUT2D eigenvalue weighted by Gasteiger charge is -2.28. The zero-order chi connectivity index (χ0) is 22.8. The van der Waals surface area contributed by atoms with E-state index in [2.05, 4.69) is 4.98 Å². The van der Waals surface area contributed by atoms with Crippen molar-refractivity contribution in [2.75, 3.05) is 11.5 Å². The first kappa shape index (κ1) is 22.2. The molecular weight excluding hydrogens is 396 g/mol. The van der Waals surface area contributed by atoms with E-state index in [9.17, 15) is 19.5 Å². The van der Waals surface area contributed by atoms with E-state index in [1.54, 1.807) is 63.4 Å². The van der Waals surface area contributed by atoms with Crippen molar-refractivity contribution in [1.29, 1.82) is 0 Å². The van der Waals surface area contributed by atoms with E-state index in [-0.39, 0.29) is 23.5 Å².